The highest BCUT2D eigenvalue weighted by Gasteiger charge is 2.33. The fourth-order valence-electron chi connectivity index (χ4n) is 3.71. The Morgan fingerprint density at radius 2 is 1.97 bits per heavy atom. The fourth-order valence-corrected chi connectivity index (χ4v) is 5.58. The standard InChI is InChI=1S/C23H29ClN2O4S/c1-3-4-6-17-8-10-19(11-9-17)25-23(27)18-7-5-14-26(16-18)31(28,29)20-12-13-22(30-2)21(24)15-20/h8-13,15,18H,3-7,14,16H2,1-2H3,(H,25,27)/t18-/m0/s1. The molecule has 1 aliphatic heterocycles. The maximum absolute atomic E-state index is 13.1. The van der Waals surface area contributed by atoms with Gasteiger partial charge in [0.2, 0.25) is 15.9 Å². The highest BCUT2D eigenvalue weighted by atomic mass is 35.5. The number of carbonyl (C=O) groups is 1. The number of anilines is 1. The molecule has 1 N–H and O–H groups in total. The number of ether oxygens (including phenoxy) is 1. The summed E-state index contributed by atoms with van der Waals surface area (Å²) < 4.78 is 32.6. The van der Waals surface area contributed by atoms with Crippen LogP contribution in [0.1, 0.15) is 38.2 Å². The molecule has 0 aliphatic carbocycles. The molecule has 1 heterocycles. The van der Waals surface area contributed by atoms with Crippen LogP contribution in [0.3, 0.4) is 0 Å². The number of nitrogens with zero attached hydrogens (tertiary/aromatic N) is 1. The van der Waals surface area contributed by atoms with Crippen molar-refractivity contribution < 1.29 is 17.9 Å². The third-order valence-corrected chi connectivity index (χ3v) is 7.71. The summed E-state index contributed by atoms with van der Waals surface area (Å²) >= 11 is 6.11. The lowest BCUT2D eigenvalue weighted by molar-refractivity contribution is -0.120. The summed E-state index contributed by atoms with van der Waals surface area (Å²) in [6.45, 7) is 2.68. The summed E-state index contributed by atoms with van der Waals surface area (Å²) in [5, 5.41) is 3.17. The average molecular weight is 465 g/mol. The van der Waals surface area contributed by atoms with Gasteiger partial charge in [-0.15, -0.1) is 0 Å². The van der Waals surface area contributed by atoms with Gasteiger partial charge < -0.3 is 10.1 Å². The molecule has 1 fully saturated rings. The lowest BCUT2D eigenvalue weighted by Gasteiger charge is -2.31. The van der Waals surface area contributed by atoms with E-state index >= 15 is 0 Å². The number of hydrogen-bond donors (Lipinski definition) is 1. The number of hydrogen-bond acceptors (Lipinski definition) is 4. The molecular weight excluding hydrogens is 436 g/mol. The van der Waals surface area contributed by atoms with E-state index in [0.29, 0.717) is 25.1 Å². The van der Waals surface area contributed by atoms with Gasteiger partial charge in [0.05, 0.1) is 22.9 Å². The van der Waals surface area contributed by atoms with Gasteiger partial charge in [-0.2, -0.15) is 4.31 Å². The van der Waals surface area contributed by atoms with Gasteiger partial charge in [-0.05, 0) is 61.6 Å². The molecule has 0 unspecified atom stereocenters. The lowest BCUT2D eigenvalue weighted by Crippen LogP contribution is -2.43. The average Bonchev–Trinajstić information content (AvgIpc) is 2.78. The highest BCUT2D eigenvalue weighted by molar-refractivity contribution is 7.89. The molecule has 0 spiro atoms. The zero-order valence-electron chi connectivity index (χ0n) is 17.9. The van der Waals surface area contributed by atoms with Gasteiger partial charge in [-0.3, -0.25) is 4.79 Å². The van der Waals surface area contributed by atoms with Crippen LogP contribution in [0, 0.1) is 5.92 Å². The predicted molar refractivity (Wildman–Crippen MR) is 123 cm³/mol. The van der Waals surface area contributed by atoms with Crippen molar-refractivity contribution in [2.45, 2.75) is 43.9 Å². The normalized spacial score (nSPS) is 17.3. The van der Waals surface area contributed by atoms with E-state index in [0.717, 1.165) is 24.9 Å². The Labute approximate surface area is 189 Å². The minimum atomic E-state index is -3.75. The molecule has 1 atom stereocenters. The smallest absolute Gasteiger partial charge is 0.243 e. The van der Waals surface area contributed by atoms with E-state index in [1.54, 1.807) is 0 Å². The summed E-state index contributed by atoms with van der Waals surface area (Å²) in [6.07, 6.45) is 4.57. The molecular formula is C23H29ClN2O4S. The number of unbranched alkanes of at least 4 members (excludes halogenated alkanes) is 1. The van der Waals surface area contributed by atoms with E-state index in [1.165, 1.54) is 35.2 Å². The van der Waals surface area contributed by atoms with Crippen molar-refractivity contribution >= 4 is 33.2 Å². The minimum Gasteiger partial charge on any atom is -0.495 e. The molecule has 0 bridgehead atoms. The van der Waals surface area contributed by atoms with Crippen LogP contribution >= 0.6 is 11.6 Å². The van der Waals surface area contributed by atoms with Gasteiger partial charge in [0.15, 0.2) is 0 Å². The van der Waals surface area contributed by atoms with Crippen LogP contribution in [0.25, 0.3) is 0 Å². The van der Waals surface area contributed by atoms with Gasteiger partial charge in [0.1, 0.15) is 5.75 Å². The van der Waals surface area contributed by atoms with Gasteiger partial charge in [0, 0.05) is 18.8 Å². The zero-order valence-corrected chi connectivity index (χ0v) is 19.5. The van der Waals surface area contributed by atoms with Crippen LogP contribution in [-0.2, 0) is 21.2 Å². The number of aryl methyl sites for hydroxylation is 1. The van der Waals surface area contributed by atoms with E-state index in [1.807, 2.05) is 24.3 Å². The number of benzene rings is 2. The van der Waals surface area contributed by atoms with Crippen LogP contribution in [0.15, 0.2) is 47.4 Å². The first-order valence-electron chi connectivity index (χ1n) is 10.6. The SMILES string of the molecule is CCCCc1ccc(NC(=O)[C@H]2CCCN(S(=O)(=O)c3ccc(OC)c(Cl)c3)C2)cc1. The molecule has 8 heteroatoms. The number of amides is 1. The molecule has 31 heavy (non-hydrogen) atoms. The van der Waals surface area contributed by atoms with Crippen molar-refractivity contribution in [3.8, 4) is 5.75 Å². The molecule has 2 aromatic rings. The molecule has 2 aromatic carbocycles. The van der Waals surface area contributed by atoms with E-state index < -0.39 is 15.9 Å². The summed E-state index contributed by atoms with van der Waals surface area (Å²) in [7, 11) is -2.28. The van der Waals surface area contributed by atoms with Crippen molar-refractivity contribution in [3.05, 3.63) is 53.1 Å². The Kier molecular flexibility index (Phi) is 7.97. The molecule has 3 rings (SSSR count). The molecule has 6 nitrogen and oxygen atoms in total. The second-order valence-corrected chi connectivity index (χ2v) is 10.1. The summed E-state index contributed by atoms with van der Waals surface area (Å²) in [4.78, 5) is 12.9. The molecule has 0 aromatic heterocycles. The molecule has 1 saturated heterocycles. The maximum atomic E-state index is 13.1. The Morgan fingerprint density at radius 3 is 2.61 bits per heavy atom. The Morgan fingerprint density at radius 1 is 1.23 bits per heavy atom. The third-order valence-electron chi connectivity index (χ3n) is 5.56. The first kappa shape index (κ1) is 23.6. The fraction of sp³-hybridized carbons (Fsp3) is 0.435. The maximum Gasteiger partial charge on any atom is 0.243 e. The second kappa shape index (κ2) is 10.5. The van der Waals surface area contributed by atoms with Crippen molar-refractivity contribution in [3.63, 3.8) is 0 Å². The number of carbonyl (C=O) groups excluding carboxylic acids is 1. The Balaban J connectivity index is 1.66. The number of nitrogens with one attached hydrogen (secondary N) is 1. The summed E-state index contributed by atoms with van der Waals surface area (Å²) in [5.41, 5.74) is 1.97. The largest absolute Gasteiger partial charge is 0.495 e. The van der Waals surface area contributed by atoms with E-state index in [4.69, 9.17) is 16.3 Å². The van der Waals surface area contributed by atoms with E-state index in [-0.39, 0.29) is 22.4 Å². The summed E-state index contributed by atoms with van der Waals surface area (Å²) in [5.74, 6) is -0.150. The molecule has 0 saturated carbocycles. The second-order valence-electron chi connectivity index (χ2n) is 7.79. The topological polar surface area (TPSA) is 75.7 Å². The van der Waals surface area contributed by atoms with Gasteiger partial charge in [-0.1, -0.05) is 37.1 Å². The molecule has 0 radical (unpaired) electrons. The number of piperidine rings is 1. The van der Waals surface area contributed by atoms with Crippen LogP contribution < -0.4 is 10.1 Å². The van der Waals surface area contributed by atoms with E-state index in [2.05, 4.69) is 12.2 Å². The minimum absolute atomic E-state index is 0.0991. The van der Waals surface area contributed by atoms with Gasteiger partial charge in [-0.25, -0.2) is 8.42 Å². The van der Waals surface area contributed by atoms with Crippen molar-refractivity contribution in [1.29, 1.82) is 0 Å². The Hall–Kier alpha value is -2.09. The number of methoxy groups -OCH3 is 1. The summed E-state index contributed by atoms with van der Waals surface area (Å²) in [6, 6.07) is 12.3. The number of rotatable bonds is 8. The molecule has 1 amide bonds. The van der Waals surface area contributed by atoms with E-state index in [9.17, 15) is 13.2 Å². The molecule has 1 aliphatic rings. The van der Waals surface area contributed by atoms with Crippen molar-refractivity contribution in [2.75, 3.05) is 25.5 Å². The number of halogens is 1. The van der Waals surface area contributed by atoms with Gasteiger partial charge >= 0.3 is 0 Å². The lowest BCUT2D eigenvalue weighted by atomic mass is 9.98. The van der Waals surface area contributed by atoms with Gasteiger partial charge in [0.25, 0.3) is 0 Å². The predicted octanol–water partition coefficient (Wildman–Crippen LogP) is 4.73. The first-order valence-corrected chi connectivity index (χ1v) is 12.4. The first-order chi connectivity index (χ1) is 14.8. The highest BCUT2D eigenvalue weighted by Crippen LogP contribution is 2.30. The monoisotopic (exact) mass is 464 g/mol. The molecule has 168 valence electrons. The van der Waals surface area contributed by atoms with Crippen LogP contribution in [0.2, 0.25) is 5.02 Å². The quantitative estimate of drug-likeness (QED) is 0.612. The van der Waals surface area contributed by atoms with Crippen molar-refractivity contribution in [2.24, 2.45) is 5.92 Å². The van der Waals surface area contributed by atoms with Crippen LogP contribution in [0.4, 0.5) is 5.69 Å². The number of sulfonamides is 1. The Bertz CT molecular complexity index is 1010. The third kappa shape index (κ3) is 5.79. The van der Waals surface area contributed by atoms with Crippen LogP contribution in [0.5, 0.6) is 5.75 Å². The van der Waals surface area contributed by atoms with Crippen LogP contribution in [-0.4, -0.2) is 38.8 Å². The van der Waals surface area contributed by atoms with Crippen molar-refractivity contribution in [1.82, 2.24) is 4.31 Å². The zero-order chi connectivity index (χ0) is 22.4.